The third-order valence-electron chi connectivity index (χ3n) is 14.2. The molecule has 5 nitrogen and oxygen atoms in total. The smallest absolute Gasteiger partial charge is 0.167 e. The molecular weight excluding hydrogens is 692 g/mol. The second-order valence-electron chi connectivity index (χ2n) is 16.8. The first-order valence-corrected chi connectivity index (χ1v) is 20.5. The summed E-state index contributed by atoms with van der Waals surface area (Å²) in [6.07, 6.45) is 0. The fraction of sp³-hybridized carbons (Fsp3) is 0. The van der Waals surface area contributed by atoms with Crippen molar-refractivity contribution in [3.8, 4) is 39.9 Å². The molecule has 0 amide bonds. The quantitative estimate of drug-likeness (QED) is 0.169. The lowest BCUT2D eigenvalue weighted by Gasteiger charge is -2.21. The number of nitrogens with zero attached hydrogens (tertiary/aromatic N) is 4. The summed E-state index contributed by atoms with van der Waals surface area (Å²) in [5.74, 6) is 1.87. The van der Waals surface area contributed by atoms with E-state index >= 15 is 0 Å². The van der Waals surface area contributed by atoms with Gasteiger partial charge in [0.05, 0.1) is 11.3 Å². The Morgan fingerprint density at radius 3 is 1.17 bits per heavy atom. The Labute approximate surface area is 352 Å². The summed E-state index contributed by atoms with van der Waals surface area (Å²) in [5.41, 5.74) is 26.1. The number of aromatic nitrogens is 4. The lowest BCUT2D eigenvalue weighted by Crippen LogP contribution is -2.49. The molecule has 262 valence electrons. The van der Waals surface area contributed by atoms with Gasteiger partial charge in [0.15, 0.2) is 23.1 Å². The molecule has 0 aliphatic rings. The van der Waals surface area contributed by atoms with Gasteiger partial charge in [0.2, 0.25) is 0 Å². The molecule has 3 aromatic heterocycles. The third kappa shape index (κ3) is 5.27. The molecule has 9 aromatic rings. The standard InChI is InChI=1S/C39H38B14N4O/c40-18-13-14-19(41)25(47)28(50)30(52)33(14)57(32(13)29(51)27(49)24(18)46)34-31(53)26(48)21(43)16-15-20(42)23(45)22(44)17(35(15)58-36(16)34)39-55-37(11-7-3-1-4-8-11)54-38(56-39)12-9-5-2-6-10-12/h1-10H,40-53H2. The molecule has 9 rings (SSSR count). The highest BCUT2D eigenvalue weighted by molar-refractivity contribution is 6.72. The van der Waals surface area contributed by atoms with E-state index in [9.17, 15) is 0 Å². The molecule has 0 aliphatic carbocycles. The Bertz CT molecular complexity index is 3140. The van der Waals surface area contributed by atoms with Gasteiger partial charge in [0.25, 0.3) is 0 Å². The molecule has 19 heteroatoms. The molecule has 0 radical (unpaired) electrons. The fourth-order valence-corrected chi connectivity index (χ4v) is 9.68. The largest absolute Gasteiger partial charge is 0.453 e. The monoisotopic (exact) mass is 732 g/mol. The summed E-state index contributed by atoms with van der Waals surface area (Å²) >= 11 is 0. The third-order valence-corrected chi connectivity index (χ3v) is 14.2. The van der Waals surface area contributed by atoms with Crippen molar-refractivity contribution in [3.05, 3.63) is 60.7 Å². The van der Waals surface area contributed by atoms with E-state index in [1.165, 1.54) is 92.8 Å². The van der Waals surface area contributed by atoms with Gasteiger partial charge in [-0.15, -0.1) is 10.9 Å². The van der Waals surface area contributed by atoms with Gasteiger partial charge in [0, 0.05) is 32.9 Å². The molecule has 0 saturated carbocycles. The van der Waals surface area contributed by atoms with Crippen LogP contribution in [0.3, 0.4) is 0 Å². The van der Waals surface area contributed by atoms with E-state index in [1.54, 1.807) is 0 Å². The maximum atomic E-state index is 7.54. The molecule has 0 saturated heterocycles. The topological polar surface area (TPSA) is 56.7 Å². The lowest BCUT2D eigenvalue weighted by molar-refractivity contribution is 0.668. The number of hydrogen-bond donors (Lipinski definition) is 0. The second kappa shape index (κ2) is 13.7. The minimum Gasteiger partial charge on any atom is -0.453 e. The highest BCUT2D eigenvalue weighted by atomic mass is 16.3. The van der Waals surface area contributed by atoms with Crippen LogP contribution in [-0.2, 0) is 0 Å². The summed E-state index contributed by atoms with van der Waals surface area (Å²) in [6.45, 7) is 0. The van der Waals surface area contributed by atoms with Crippen molar-refractivity contribution in [2.24, 2.45) is 0 Å². The van der Waals surface area contributed by atoms with E-state index in [4.69, 9.17) is 19.4 Å². The Balaban J connectivity index is 1.50. The van der Waals surface area contributed by atoms with Gasteiger partial charge < -0.3 is 8.98 Å². The summed E-state index contributed by atoms with van der Waals surface area (Å²) < 4.78 is 10.1. The number of hydrogen-bond acceptors (Lipinski definition) is 4. The SMILES string of the molecule is Bc1c(B)c(B)c2c(oc3c(-n4c5c(B)c(B)c(B)c(B)c5c5c(B)c(B)c(B)c(B)c54)c(B)c(B)c(B)c32)c1-c1nc(-c2ccccc2)nc(-c2ccccc2)n1. The van der Waals surface area contributed by atoms with Gasteiger partial charge in [-0.2, -0.15) is 0 Å². The molecular formula is C39H38B14N4O. The summed E-state index contributed by atoms with van der Waals surface area (Å²) in [6, 6.07) is 20.4. The van der Waals surface area contributed by atoms with Gasteiger partial charge in [-0.3, -0.25) is 0 Å². The van der Waals surface area contributed by atoms with Crippen molar-refractivity contribution in [3.63, 3.8) is 0 Å². The molecule has 3 heterocycles. The molecule has 0 N–H and O–H groups in total. The van der Waals surface area contributed by atoms with Gasteiger partial charge in [-0.1, -0.05) is 126 Å². The van der Waals surface area contributed by atoms with Crippen molar-refractivity contribution in [1.29, 1.82) is 0 Å². The van der Waals surface area contributed by atoms with Crippen LogP contribution in [0.4, 0.5) is 0 Å². The van der Waals surface area contributed by atoms with E-state index < -0.39 is 0 Å². The lowest BCUT2D eigenvalue weighted by atomic mass is 9.63. The number of fused-ring (bicyclic) bond motifs is 6. The molecule has 0 atom stereocenters. The number of benzene rings is 6. The maximum absolute atomic E-state index is 7.54. The van der Waals surface area contributed by atoms with Crippen molar-refractivity contribution in [1.82, 2.24) is 19.5 Å². The Morgan fingerprint density at radius 1 is 0.345 bits per heavy atom. The first kappa shape index (κ1) is 38.4. The molecule has 6 aromatic carbocycles. The van der Waals surface area contributed by atoms with Crippen molar-refractivity contribution < 1.29 is 4.42 Å². The van der Waals surface area contributed by atoms with E-state index in [0.717, 1.165) is 49.8 Å². The van der Waals surface area contributed by atoms with Gasteiger partial charge in [0.1, 0.15) is 115 Å². The van der Waals surface area contributed by atoms with Crippen LogP contribution in [-0.4, -0.2) is 129 Å². The predicted molar refractivity (Wildman–Crippen MR) is 292 cm³/mol. The first-order valence-electron chi connectivity index (χ1n) is 20.5. The van der Waals surface area contributed by atoms with Gasteiger partial charge in [-0.05, 0) is 10.8 Å². The van der Waals surface area contributed by atoms with Crippen LogP contribution in [0.5, 0.6) is 0 Å². The molecule has 0 aliphatic heterocycles. The molecule has 0 fully saturated rings. The minimum atomic E-state index is 0.608. The van der Waals surface area contributed by atoms with Crippen LogP contribution >= 0.6 is 0 Å². The van der Waals surface area contributed by atoms with Crippen LogP contribution in [0.15, 0.2) is 65.1 Å². The summed E-state index contributed by atoms with van der Waals surface area (Å²) in [4.78, 5) is 15.5. The van der Waals surface area contributed by atoms with Gasteiger partial charge >= 0.3 is 0 Å². The average molecular weight is 730 g/mol. The van der Waals surface area contributed by atoms with Crippen molar-refractivity contribution >= 4 is 230 Å². The molecule has 0 unspecified atom stereocenters. The second-order valence-corrected chi connectivity index (χ2v) is 16.8. The van der Waals surface area contributed by atoms with E-state index in [-0.39, 0.29) is 0 Å². The van der Waals surface area contributed by atoms with Crippen LogP contribution in [0.1, 0.15) is 0 Å². The molecule has 0 spiro atoms. The van der Waals surface area contributed by atoms with Crippen LogP contribution in [0, 0.1) is 0 Å². The summed E-state index contributed by atoms with van der Waals surface area (Å²) in [5, 5.41) is 4.97. The molecule has 0 bridgehead atoms. The minimum absolute atomic E-state index is 0.608. The van der Waals surface area contributed by atoms with E-state index in [0.29, 0.717) is 17.5 Å². The first-order chi connectivity index (χ1) is 27.6. The zero-order valence-corrected chi connectivity index (χ0v) is 36.5. The average Bonchev–Trinajstić information content (AvgIpc) is 3.80. The normalized spacial score (nSPS) is 11.7. The number of furan rings is 1. The highest BCUT2D eigenvalue weighted by Crippen LogP contribution is 2.36. The Morgan fingerprint density at radius 2 is 0.707 bits per heavy atom. The van der Waals surface area contributed by atoms with Gasteiger partial charge in [-0.25, -0.2) is 15.0 Å². The number of rotatable bonds is 4. The van der Waals surface area contributed by atoms with Crippen LogP contribution in [0.25, 0.3) is 83.6 Å². The zero-order chi connectivity index (χ0) is 41.2. The molecule has 58 heavy (non-hydrogen) atoms. The van der Waals surface area contributed by atoms with E-state index in [1.807, 2.05) is 36.4 Å². The predicted octanol–water partition coefficient (Wildman–Crippen LogP) is -14.5. The maximum Gasteiger partial charge on any atom is 0.167 e. The highest BCUT2D eigenvalue weighted by Gasteiger charge is 2.30. The van der Waals surface area contributed by atoms with Crippen molar-refractivity contribution in [2.45, 2.75) is 0 Å². The Kier molecular flexibility index (Phi) is 9.07. The van der Waals surface area contributed by atoms with E-state index in [2.05, 4.69) is 139 Å². The zero-order valence-electron chi connectivity index (χ0n) is 36.5. The fourth-order valence-electron chi connectivity index (χ4n) is 9.68. The Hall–Kier alpha value is -5.16. The van der Waals surface area contributed by atoms with Crippen LogP contribution in [0.2, 0.25) is 0 Å². The summed E-state index contributed by atoms with van der Waals surface area (Å²) in [7, 11) is 31.8. The van der Waals surface area contributed by atoms with Crippen molar-refractivity contribution in [2.75, 3.05) is 0 Å². The van der Waals surface area contributed by atoms with Crippen LogP contribution < -0.4 is 76.5 Å².